The summed E-state index contributed by atoms with van der Waals surface area (Å²) in [7, 11) is 1.85. The average Bonchev–Trinajstić information content (AvgIpc) is 2.49. The minimum Gasteiger partial charge on any atom is -0.492 e. The third kappa shape index (κ3) is 4.32. The van der Waals surface area contributed by atoms with Crippen LogP contribution in [0.3, 0.4) is 0 Å². The van der Waals surface area contributed by atoms with Gasteiger partial charge in [0.05, 0.1) is 11.5 Å². The first-order valence-electron chi connectivity index (χ1n) is 6.26. The van der Waals surface area contributed by atoms with Crippen molar-refractivity contribution in [2.24, 2.45) is 0 Å². The predicted molar refractivity (Wildman–Crippen MR) is 81.1 cm³/mol. The molecular formula is C14H14ClN3O3. The maximum atomic E-state index is 10.6. The Balaban J connectivity index is 1.85. The topological polar surface area (TPSA) is 68.5 Å². The molecule has 1 aromatic heterocycles. The van der Waals surface area contributed by atoms with Crippen LogP contribution in [0.5, 0.6) is 5.75 Å². The molecule has 110 valence electrons. The standard InChI is InChI=1S/C14H14ClN3O3/c1-17(14-7-4-12(10-16-14)18(19)20)8-9-21-13-5-2-11(15)3-6-13/h2-7,10H,8-9H2,1H3. The summed E-state index contributed by atoms with van der Waals surface area (Å²) >= 11 is 5.79. The Kier molecular flexibility index (Phi) is 4.94. The largest absolute Gasteiger partial charge is 0.492 e. The number of aromatic nitrogens is 1. The molecule has 0 fully saturated rings. The van der Waals surface area contributed by atoms with Crippen molar-refractivity contribution in [1.29, 1.82) is 0 Å². The highest BCUT2D eigenvalue weighted by atomic mass is 35.5. The van der Waals surface area contributed by atoms with E-state index in [1.807, 2.05) is 11.9 Å². The van der Waals surface area contributed by atoms with Gasteiger partial charge in [0.25, 0.3) is 5.69 Å². The SMILES string of the molecule is CN(CCOc1ccc(Cl)cc1)c1ccc([N+](=O)[O-])cn1. The highest BCUT2D eigenvalue weighted by Crippen LogP contribution is 2.16. The molecule has 6 nitrogen and oxygen atoms in total. The summed E-state index contributed by atoms with van der Waals surface area (Å²) in [5.41, 5.74) is -0.0236. The molecule has 0 aliphatic heterocycles. The monoisotopic (exact) mass is 307 g/mol. The van der Waals surface area contributed by atoms with Crippen LogP contribution in [-0.2, 0) is 0 Å². The molecule has 0 aliphatic rings. The minimum atomic E-state index is -0.472. The smallest absolute Gasteiger partial charge is 0.287 e. The van der Waals surface area contributed by atoms with Gasteiger partial charge in [0.1, 0.15) is 24.4 Å². The molecule has 0 amide bonds. The van der Waals surface area contributed by atoms with Crippen molar-refractivity contribution in [3.8, 4) is 5.75 Å². The number of hydrogen-bond acceptors (Lipinski definition) is 5. The molecule has 0 saturated carbocycles. The van der Waals surface area contributed by atoms with Gasteiger partial charge >= 0.3 is 0 Å². The lowest BCUT2D eigenvalue weighted by molar-refractivity contribution is -0.385. The zero-order valence-electron chi connectivity index (χ0n) is 11.4. The Bertz CT molecular complexity index is 602. The molecular weight excluding hydrogens is 294 g/mol. The molecule has 0 radical (unpaired) electrons. The van der Waals surface area contributed by atoms with Crippen molar-refractivity contribution in [3.05, 3.63) is 57.7 Å². The lowest BCUT2D eigenvalue weighted by atomic mass is 10.3. The fourth-order valence-electron chi connectivity index (χ4n) is 1.66. The number of likely N-dealkylation sites (N-methyl/N-ethyl adjacent to an activating group) is 1. The van der Waals surface area contributed by atoms with E-state index in [0.717, 1.165) is 5.75 Å². The number of anilines is 1. The maximum Gasteiger partial charge on any atom is 0.287 e. The zero-order valence-corrected chi connectivity index (χ0v) is 12.2. The van der Waals surface area contributed by atoms with Crippen molar-refractivity contribution in [3.63, 3.8) is 0 Å². The van der Waals surface area contributed by atoms with E-state index in [1.165, 1.54) is 12.3 Å². The first kappa shape index (κ1) is 15.1. The van der Waals surface area contributed by atoms with Crippen LogP contribution in [0.1, 0.15) is 0 Å². The van der Waals surface area contributed by atoms with Crippen LogP contribution in [0, 0.1) is 10.1 Å². The van der Waals surface area contributed by atoms with Crippen molar-refractivity contribution >= 4 is 23.1 Å². The lowest BCUT2D eigenvalue weighted by Gasteiger charge is -2.18. The van der Waals surface area contributed by atoms with E-state index < -0.39 is 4.92 Å². The van der Waals surface area contributed by atoms with E-state index in [-0.39, 0.29) is 5.69 Å². The maximum absolute atomic E-state index is 10.6. The Morgan fingerprint density at radius 3 is 2.57 bits per heavy atom. The van der Waals surface area contributed by atoms with Gasteiger partial charge in [-0.2, -0.15) is 0 Å². The molecule has 0 bridgehead atoms. The molecule has 1 heterocycles. The van der Waals surface area contributed by atoms with Crippen LogP contribution in [0.15, 0.2) is 42.6 Å². The van der Waals surface area contributed by atoms with Crippen LogP contribution in [0.4, 0.5) is 11.5 Å². The van der Waals surface area contributed by atoms with E-state index in [1.54, 1.807) is 30.3 Å². The first-order chi connectivity index (χ1) is 10.1. The van der Waals surface area contributed by atoms with E-state index in [9.17, 15) is 10.1 Å². The Morgan fingerprint density at radius 1 is 1.29 bits per heavy atom. The summed E-state index contributed by atoms with van der Waals surface area (Å²) in [5, 5.41) is 11.2. The van der Waals surface area contributed by atoms with Crippen LogP contribution in [0.2, 0.25) is 5.02 Å². The molecule has 0 unspecified atom stereocenters. The van der Waals surface area contributed by atoms with Gasteiger partial charge < -0.3 is 9.64 Å². The summed E-state index contributed by atoms with van der Waals surface area (Å²) < 4.78 is 5.58. The Hall–Kier alpha value is -2.34. The van der Waals surface area contributed by atoms with Crippen molar-refractivity contribution in [2.45, 2.75) is 0 Å². The van der Waals surface area contributed by atoms with E-state index in [2.05, 4.69) is 4.98 Å². The molecule has 2 aromatic rings. The number of nitro groups is 1. The van der Waals surface area contributed by atoms with Crippen LogP contribution < -0.4 is 9.64 Å². The number of pyridine rings is 1. The van der Waals surface area contributed by atoms with Gasteiger partial charge in [-0.25, -0.2) is 4.98 Å². The van der Waals surface area contributed by atoms with Crippen LogP contribution in [-0.4, -0.2) is 30.1 Å². The molecule has 0 aliphatic carbocycles. The second-order valence-corrected chi connectivity index (χ2v) is 4.79. The van der Waals surface area contributed by atoms with Crippen molar-refractivity contribution in [2.75, 3.05) is 25.1 Å². The highest BCUT2D eigenvalue weighted by molar-refractivity contribution is 6.30. The fraction of sp³-hybridized carbons (Fsp3) is 0.214. The van der Waals surface area contributed by atoms with Gasteiger partial charge in [-0.3, -0.25) is 10.1 Å². The highest BCUT2D eigenvalue weighted by Gasteiger charge is 2.08. The van der Waals surface area contributed by atoms with Crippen molar-refractivity contribution < 1.29 is 9.66 Å². The Morgan fingerprint density at radius 2 is 2.00 bits per heavy atom. The normalized spacial score (nSPS) is 10.2. The number of rotatable bonds is 6. The summed E-state index contributed by atoms with van der Waals surface area (Å²) in [6.45, 7) is 1.07. The third-order valence-electron chi connectivity index (χ3n) is 2.84. The number of halogens is 1. The van der Waals surface area contributed by atoms with E-state index in [4.69, 9.17) is 16.3 Å². The van der Waals surface area contributed by atoms with Gasteiger partial charge in [-0.15, -0.1) is 0 Å². The second-order valence-electron chi connectivity index (χ2n) is 4.36. The Labute approximate surface area is 127 Å². The zero-order chi connectivity index (χ0) is 15.2. The number of benzene rings is 1. The average molecular weight is 308 g/mol. The summed E-state index contributed by atoms with van der Waals surface area (Å²) in [4.78, 5) is 16.0. The van der Waals surface area contributed by atoms with E-state index in [0.29, 0.717) is 24.0 Å². The molecule has 2 rings (SSSR count). The fourth-order valence-corrected chi connectivity index (χ4v) is 1.78. The molecule has 0 N–H and O–H groups in total. The summed E-state index contributed by atoms with van der Waals surface area (Å²) in [6.07, 6.45) is 1.24. The molecule has 0 spiro atoms. The van der Waals surface area contributed by atoms with Crippen molar-refractivity contribution in [1.82, 2.24) is 4.98 Å². The quantitative estimate of drug-likeness (QED) is 0.605. The first-order valence-corrected chi connectivity index (χ1v) is 6.64. The minimum absolute atomic E-state index is 0.0236. The predicted octanol–water partition coefficient (Wildman–Crippen LogP) is 3.16. The van der Waals surface area contributed by atoms with Gasteiger partial charge in [0, 0.05) is 18.1 Å². The molecule has 0 saturated heterocycles. The summed E-state index contributed by atoms with van der Waals surface area (Å²) in [6, 6.07) is 10.2. The van der Waals surface area contributed by atoms with Gasteiger partial charge in [0.2, 0.25) is 0 Å². The van der Waals surface area contributed by atoms with Crippen LogP contribution in [0.25, 0.3) is 0 Å². The van der Waals surface area contributed by atoms with Gasteiger partial charge in [-0.1, -0.05) is 11.6 Å². The third-order valence-corrected chi connectivity index (χ3v) is 3.10. The molecule has 1 aromatic carbocycles. The molecule has 21 heavy (non-hydrogen) atoms. The van der Waals surface area contributed by atoms with Gasteiger partial charge in [0.15, 0.2) is 0 Å². The second kappa shape index (κ2) is 6.90. The number of hydrogen-bond donors (Lipinski definition) is 0. The van der Waals surface area contributed by atoms with Crippen LogP contribution >= 0.6 is 11.6 Å². The summed E-state index contributed by atoms with van der Waals surface area (Å²) in [5.74, 6) is 1.39. The number of nitrogens with zero attached hydrogens (tertiary/aromatic N) is 3. The lowest BCUT2D eigenvalue weighted by Crippen LogP contribution is -2.24. The number of ether oxygens (including phenoxy) is 1. The molecule has 0 atom stereocenters. The molecule has 7 heteroatoms. The van der Waals surface area contributed by atoms with Gasteiger partial charge in [-0.05, 0) is 30.3 Å². The van der Waals surface area contributed by atoms with E-state index >= 15 is 0 Å².